The third kappa shape index (κ3) is 3.83. The van der Waals surface area contributed by atoms with Gasteiger partial charge in [0.05, 0.1) is 6.10 Å². The van der Waals surface area contributed by atoms with Gasteiger partial charge in [0.15, 0.2) is 0 Å². The van der Waals surface area contributed by atoms with Gasteiger partial charge in [-0.2, -0.15) is 0 Å². The predicted molar refractivity (Wildman–Crippen MR) is 64.8 cm³/mol. The molecular weight excluding hydrogens is 226 g/mol. The summed E-state index contributed by atoms with van der Waals surface area (Å²) >= 11 is 5.80. The lowest BCUT2D eigenvalue weighted by atomic mass is 10.1. The second-order valence-corrected chi connectivity index (χ2v) is 4.29. The largest absolute Gasteiger partial charge is 0.393 e. The van der Waals surface area contributed by atoms with E-state index >= 15 is 0 Å². The van der Waals surface area contributed by atoms with E-state index in [-0.39, 0.29) is 5.91 Å². The molecule has 0 spiro atoms. The summed E-state index contributed by atoms with van der Waals surface area (Å²) in [4.78, 5) is 11.7. The highest BCUT2D eigenvalue weighted by molar-refractivity contribution is 6.30. The number of carbonyl (C=O) groups is 1. The van der Waals surface area contributed by atoms with Crippen LogP contribution in [0.4, 0.5) is 0 Å². The van der Waals surface area contributed by atoms with Crippen molar-refractivity contribution >= 4 is 17.5 Å². The Morgan fingerprint density at radius 1 is 1.56 bits per heavy atom. The van der Waals surface area contributed by atoms with Crippen molar-refractivity contribution in [3.05, 3.63) is 34.3 Å². The van der Waals surface area contributed by atoms with Crippen molar-refractivity contribution < 1.29 is 9.90 Å². The van der Waals surface area contributed by atoms with E-state index < -0.39 is 6.10 Å². The highest BCUT2D eigenvalue weighted by atomic mass is 35.5. The summed E-state index contributed by atoms with van der Waals surface area (Å²) in [7, 11) is 0. The molecule has 1 atom stereocenters. The zero-order valence-electron chi connectivity index (χ0n) is 9.46. The molecule has 0 aliphatic rings. The normalized spacial score (nSPS) is 12.2. The summed E-state index contributed by atoms with van der Waals surface area (Å²) in [6.07, 6.45) is 0.157. The van der Waals surface area contributed by atoms with Crippen LogP contribution in [0.15, 0.2) is 18.2 Å². The molecule has 3 nitrogen and oxygen atoms in total. The smallest absolute Gasteiger partial charge is 0.251 e. The first kappa shape index (κ1) is 13.0. The second-order valence-electron chi connectivity index (χ2n) is 3.85. The molecule has 16 heavy (non-hydrogen) atoms. The van der Waals surface area contributed by atoms with Gasteiger partial charge in [0.2, 0.25) is 0 Å². The molecule has 0 fully saturated rings. The molecule has 0 aromatic heterocycles. The van der Waals surface area contributed by atoms with Crippen LogP contribution in [0, 0.1) is 6.92 Å². The molecule has 88 valence electrons. The summed E-state index contributed by atoms with van der Waals surface area (Å²) in [5.74, 6) is -0.130. The number of amides is 1. The Morgan fingerprint density at radius 2 is 2.25 bits per heavy atom. The fourth-order valence-corrected chi connectivity index (χ4v) is 1.60. The molecule has 4 heteroatoms. The van der Waals surface area contributed by atoms with E-state index in [0.29, 0.717) is 23.6 Å². The van der Waals surface area contributed by atoms with Gasteiger partial charge in [-0.05, 0) is 44.0 Å². The van der Waals surface area contributed by atoms with Gasteiger partial charge in [0.25, 0.3) is 5.91 Å². The number of aliphatic hydroxyl groups is 1. The Labute approximate surface area is 100 Å². The standard InChI is InChI=1S/C12H16ClNO2/c1-8-7-10(13)3-4-11(8)12(16)14-6-5-9(2)15/h3-4,7,9,15H,5-6H2,1-2H3,(H,14,16). The van der Waals surface area contributed by atoms with Crippen molar-refractivity contribution in [1.82, 2.24) is 5.32 Å². The van der Waals surface area contributed by atoms with E-state index in [4.69, 9.17) is 16.7 Å². The SMILES string of the molecule is Cc1cc(Cl)ccc1C(=O)NCCC(C)O. The Hall–Kier alpha value is -1.06. The third-order valence-electron chi connectivity index (χ3n) is 2.28. The lowest BCUT2D eigenvalue weighted by Gasteiger charge is -2.08. The van der Waals surface area contributed by atoms with Gasteiger partial charge in [-0.3, -0.25) is 4.79 Å². The maximum absolute atomic E-state index is 11.7. The number of nitrogens with one attached hydrogen (secondary N) is 1. The zero-order valence-corrected chi connectivity index (χ0v) is 10.2. The molecule has 1 aromatic carbocycles. The first-order valence-electron chi connectivity index (χ1n) is 5.23. The van der Waals surface area contributed by atoms with Gasteiger partial charge >= 0.3 is 0 Å². The van der Waals surface area contributed by atoms with Crippen molar-refractivity contribution in [3.63, 3.8) is 0 Å². The molecule has 0 aliphatic heterocycles. The molecule has 0 heterocycles. The summed E-state index contributed by atoms with van der Waals surface area (Å²) in [6.45, 7) is 4.01. The average molecular weight is 242 g/mol. The Balaban J connectivity index is 2.59. The average Bonchev–Trinajstić information content (AvgIpc) is 2.16. The van der Waals surface area contributed by atoms with Crippen molar-refractivity contribution in [2.75, 3.05) is 6.54 Å². The van der Waals surface area contributed by atoms with E-state index in [1.54, 1.807) is 25.1 Å². The van der Waals surface area contributed by atoms with Gasteiger partial charge in [-0.25, -0.2) is 0 Å². The first-order chi connectivity index (χ1) is 7.50. The van der Waals surface area contributed by atoms with Crippen LogP contribution >= 0.6 is 11.6 Å². The van der Waals surface area contributed by atoms with Crippen molar-refractivity contribution in [2.24, 2.45) is 0 Å². The maximum Gasteiger partial charge on any atom is 0.251 e. The van der Waals surface area contributed by atoms with Crippen molar-refractivity contribution in [3.8, 4) is 0 Å². The van der Waals surface area contributed by atoms with Crippen molar-refractivity contribution in [1.29, 1.82) is 0 Å². The molecule has 1 rings (SSSR count). The summed E-state index contributed by atoms with van der Waals surface area (Å²) in [5, 5.41) is 12.4. The van der Waals surface area contributed by atoms with Crippen molar-refractivity contribution in [2.45, 2.75) is 26.4 Å². The first-order valence-corrected chi connectivity index (χ1v) is 5.61. The highest BCUT2D eigenvalue weighted by Crippen LogP contribution is 2.14. The highest BCUT2D eigenvalue weighted by Gasteiger charge is 2.08. The Morgan fingerprint density at radius 3 is 2.81 bits per heavy atom. The fourth-order valence-electron chi connectivity index (χ4n) is 1.37. The third-order valence-corrected chi connectivity index (χ3v) is 2.52. The van der Waals surface area contributed by atoms with Crippen LogP contribution in [0.1, 0.15) is 29.3 Å². The number of halogens is 1. The number of aliphatic hydroxyl groups excluding tert-OH is 1. The van der Waals surface area contributed by atoms with Crippen LogP contribution < -0.4 is 5.32 Å². The number of carbonyl (C=O) groups excluding carboxylic acids is 1. The number of hydrogen-bond donors (Lipinski definition) is 2. The molecular formula is C12H16ClNO2. The lowest BCUT2D eigenvalue weighted by molar-refractivity contribution is 0.0945. The minimum absolute atomic E-state index is 0.130. The van der Waals surface area contributed by atoms with E-state index in [1.807, 2.05) is 6.92 Å². The molecule has 0 saturated heterocycles. The molecule has 2 N–H and O–H groups in total. The summed E-state index contributed by atoms with van der Waals surface area (Å²) < 4.78 is 0. The number of rotatable bonds is 4. The minimum atomic E-state index is -0.397. The number of hydrogen-bond acceptors (Lipinski definition) is 2. The lowest BCUT2D eigenvalue weighted by Crippen LogP contribution is -2.27. The molecule has 0 radical (unpaired) electrons. The van der Waals surface area contributed by atoms with Gasteiger partial charge in [0, 0.05) is 17.1 Å². The zero-order chi connectivity index (χ0) is 12.1. The van der Waals surface area contributed by atoms with Crippen LogP contribution in [0.25, 0.3) is 0 Å². The van der Waals surface area contributed by atoms with E-state index in [9.17, 15) is 4.79 Å². The summed E-state index contributed by atoms with van der Waals surface area (Å²) in [6, 6.07) is 5.15. The van der Waals surface area contributed by atoms with Gasteiger partial charge in [-0.1, -0.05) is 11.6 Å². The molecule has 1 amide bonds. The van der Waals surface area contributed by atoms with E-state index in [2.05, 4.69) is 5.32 Å². The van der Waals surface area contributed by atoms with Crippen LogP contribution in [0.5, 0.6) is 0 Å². The minimum Gasteiger partial charge on any atom is -0.393 e. The molecule has 1 unspecified atom stereocenters. The van der Waals surface area contributed by atoms with Crippen LogP contribution in [-0.2, 0) is 0 Å². The quantitative estimate of drug-likeness (QED) is 0.849. The maximum atomic E-state index is 11.7. The van der Waals surface area contributed by atoms with E-state index in [0.717, 1.165) is 5.56 Å². The molecule has 0 aliphatic carbocycles. The van der Waals surface area contributed by atoms with Crippen LogP contribution in [-0.4, -0.2) is 23.7 Å². The second kappa shape index (κ2) is 5.87. The summed E-state index contributed by atoms with van der Waals surface area (Å²) in [5.41, 5.74) is 1.47. The molecule has 1 aromatic rings. The van der Waals surface area contributed by atoms with Crippen LogP contribution in [0.3, 0.4) is 0 Å². The Kier molecular flexibility index (Phi) is 4.77. The molecule has 0 bridgehead atoms. The van der Waals surface area contributed by atoms with Gasteiger partial charge in [0.1, 0.15) is 0 Å². The van der Waals surface area contributed by atoms with Crippen LogP contribution in [0.2, 0.25) is 5.02 Å². The number of aryl methyl sites for hydroxylation is 1. The topological polar surface area (TPSA) is 49.3 Å². The number of benzene rings is 1. The monoisotopic (exact) mass is 241 g/mol. The van der Waals surface area contributed by atoms with Gasteiger partial charge < -0.3 is 10.4 Å². The predicted octanol–water partition coefficient (Wildman–Crippen LogP) is 2.15. The molecule has 0 saturated carbocycles. The Bertz CT molecular complexity index is 377. The van der Waals surface area contributed by atoms with E-state index in [1.165, 1.54) is 0 Å². The fraction of sp³-hybridized carbons (Fsp3) is 0.417. The van der Waals surface area contributed by atoms with Gasteiger partial charge in [-0.15, -0.1) is 0 Å².